The second-order valence-electron chi connectivity index (χ2n) is 6.96. The Hall–Kier alpha value is -2.24. The van der Waals surface area contributed by atoms with Crippen molar-refractivity contribution in [2.45, 2.75) is 44.6 Å². The predicted octanol–water partition coefficient (Wildman–Crippen LogP) is 3.04. The van der Waals surface area contributed by atoms with Crippen LogP contribution < -0.4 is 9.47 Å². The van der Waals surface area contributed by atoms with Crippen LogP contribution >= 0.6 is 0 Å². The SMILES string of the molecule is COc1cccc(C(=O)OCC(=O)N2CCC[C@@H]3CCCC[C@@H]32)c1OC. The Labute approximate surface area is 154 Å². The molecule has 142 valence electrons. The van der Waals surface area contributed by atoms with Crippen molar-refractivity contribution in [3.8, 4) is 11.5 Å². The van der Waals surface area contributed by atoms with Gasteiger partial charge < -0.3 is 19.1 Å². The molecule has 1 heterocycles. The molecule has 0 bridgehead atoms. The minimum Gasteiger partial charge on any atom is -0.493 e. The zero-order valence-corrected chi connectivity index (χ0v) is 15.5. The molecular formula is C20H27NO5. The first-order chi connectivity index (χ1) is 12.7. The molecule has 2 atom stereocenters. The van der Waals surface area contributed by atoms with Crippen molar-refractivity contribution in [2.75, 3.05) is 27.4 Å². The fraction of sp³-hybridized carbons (Fsp3) is 0.600. The highest BCUT2D eigenvalue weighted by atomic mass is 16.5. The lowest BCUT2D eigenvalue weighted by Gasteiger charge is -2.44. The molecule has 1 aromatic rings. The van der Waals surface area contributed by atoms with E-state index in [1.54, 1.807) is 18.2 Å². The van der Waals surface area contributed by atoms with Gasteiger partial charge in [0.25, 0.3) is 5.91 Å². The number of likely N-dealkylation sites (tertiary alicyclic amines) is 1. The highest BCUT2D eigenvalue weighted by molar-refractivity contribution is 5.95. The van der Waals surface area contributed by atoms with E-state index in [1.165, 1.54) is 39.9 Å². The summed E-state index contributed by atoms with van der Waals surface area (Å²) in [6.45, 7) is 0.530. The second-order valence-corrected chi connectivity index (χ2v) is 6.96. The molecule has 0 radical (unpaired) electrons. The van der Waals surface area contributed by atoms with Gasteiger partial charge in [0.1, 0.15) is 5.56 Å². The van der Waals surface area contributed by atoms with E-state index in [0.717, 1.165) is 19.4 Å². The van der Waals surface area contributed by atoms with Gasteiger partial charge in [-0.15, -0.1) is 0 Å². The van der Waals surface area contributed by atoms with Crippen LogP contribution in [-0.4, -0.2) is 50.2 Å². The van der Waals surface area contributed by atoms with Crippen LogP contribution in [-0.2, 0) is 9.53 Å². The lowest BCUT2D eigenvalue weighted by atomic mass is 9.78. The molecule has 1 aliphatic heterocycles. The third-order valence-electron chi connectivity index (χ3n) is 5.51. The molecule has 1 amide bonds. The van der Waals surface area contributed by atoms with Gasteiger partial charge in [-0.2, -0.15) is 0 Å². The largest absolute Gasteiger partial charge is 0.493 e. The average molecular weight is 361 g/mol. The lowest BCUT2D eigenvalue weighted by molar-refractivity contribution is -0.140. The number of benzene rings is 1. The number of methoxy groups -OCH3 is 2. The monoisotopic (exact) mass is 361 g/mol. The summed E-state index contributed by atoms with van der Waals surface area (Å²) in [6, 6.07) is 5.32. The van der Waals surface area contributed by atoms with Gasteiger partial charge in [-0.3, -0.25) is 4.79 Å². The first kappa shape index (κ1) is 18.5. The summed E-state index contributed by atoms with van der Waals surface area (Å²) >= 11 is 0. The molecule has 0 spiro atoms. The number of amides is 1. The fourth-order valence-electron chi connectivity index (χ4n) is 4.27. The number of rotatable bonds is 5. The van der Waals surface area contributed by atoms with Crippen LogP contribution in [0.4, 0.5) is 0 Å². The van der Waals surface area contributed by atoms with E-state index in [1.807, 2.05) is 4.90 Å². The van der Waals surface area contributed by atoms with Crippen LogP contribution in [0.25, 0.3) is 0 Å². The number of fused-ring (bicyclic) bond motifs is 1. The fourth-order valence-corrected chi connectivity index (χ4v) is 4.27. The molecular weight excluding hydrogens is 334 g/mol. The summed E-state index contributed by atoms with van der Waals surface area (Å²) in [4.78, 5) is 27.0. The maximum atomic E-state index is 12.7. The Bertz CT molecular complexity index is 658. The molecule has 0 aromatic heterocycles. The van der Waals surface area contributed by atoms with Crippen LogP contribution in [0.5, 0.6) is 11.5 Å². The maximum Gasteiger partial charge on any atom is 0.342 e. The number of carbonyl (C=O) groups excluding carboxylic acids is 2. The van der Waals surface area contributed by atoms with E-state index in [2.05, 4.69) is 0 Å². The number of carbonyl (C=O) groups is 2. The van der Waals surface area contributed by atoms with E-state index in [4.69, 9.17) is 14.2 Å². The summed E-state index contributed by atoms with van der Waals surface area (Å²) in [5.41, 5.74) is 0.258. The second kappa shape index (κ2) is 8.43. The molecule has 2 fully saturated rings. The molecule has 3 rings (SSSR count). The van der Waals surface area contributed by atoms with Gasteiger partial charge in [-0.25, -0.2) is 4.79 Å². The molecule has 0 N–H and O–H groups in total. The molecule has 6 nitrogen and oxygen atoms in total. The van der Waals surface area contributed by atoms with Gasteiger partial charge in [0.2, 0.25) is 0 Å². The summed E-state index contributed by atoms with van der Waals surface area (Å²) < 4.78 is 15.8. The number of para-hydroxylation sites is 1. The standard InChI is InChI=1S/C20H27NO5/c1-24-17-11-5-9-15(19(17)25-2)20(23)26-13-18(22)21-12-6-8-14-7-3-4-10-16(14)21/h5,9,11,14,16H,3-4,6-8,10,12-13H2,1-2H3/t14-,16-/m0/s1. The quantitative estimate of drug-likeness (QED) is 0.754. The molecule has 1 saturated carbocycles. The Balaban J connectivity index is 1.63. The summed E-state index contributed by atoms with van der Waals surface area (Å²) in [5, 5.41) is 0. The third kappa shape index (κ3) is 3.79. The van der Waals surface area contributed by atoms with Gasteiger partial charge in [0, 0.05) is 12.6 Å². The molecule has 1 aromatic carbocycles. The van der Waals surface area contributed by atoms with E-state index < -0.39 is 5.97 Å². The molecule has 0 unspecified atom stereocenters. The Morgan fingerprint density at radius 1 is 1.08 bits per heavy atom. The van der Waals surface area contributed by atoms with Crippen molar-refractivity contribution in [1.82, 2.24) is 4.90 Å². The van der Waals surface area contributed by atoms with Crippen molar-refractivity contribution in [1.29, 1.82) is 0 Å². The van der Waals surface area contributed by atoms with Gasteiger partial charge in [0.15, 0.2) is 18.1 Å². The van der Waals surface area contributed by atoms with Crippen molar-refractivity contribution < 1.29 is 23.8 Å². The minimum atomic E-state index is -0.577. The smallest absolute Gasteiger partial charge is 0.342 e. The molecule has 1 aliphatic carbocycles. The predicted molar refractivity (Wildman–Crippen MR) is 96.5 cm³/mol. The zero-order valence-electron chi connectivity index (χ0n) is 15.5. The third-order valence-corrected chi connectivity index (χ3v) is 5.51. The lowest BCUT2D eigenvalue weighted by Crippen LogP contribution is -2.50. The van der Waals surface area contributed by atoms with Gasteiger partial charge in [0.05, 0.1) is 14.2 Å². The van der Waals surface area contributed by atoms with E-state index in [-0.39, 0.29) is 18.1 Å². The molecule has 1 saturated heterocycles. The molecule has 2 aliphatic rings. The highest BCUT2D eigenvalue weighted by Crippen LogP contribution is 2.35. The number of esters is 1. The summed E-state index contributed by atoms with van der Waals surface area (Å²) in [6.07, 6.45) is 6.93. The van der Waals surface area contributed by atoms with Crippen LogP contribution in [0.1, 0.15) is 48.9 Å². The Morgan fingerprint density at radius 2 is 1.85 bits per heavy atom. The Kier molecular flexibility index (Phi) is 6.01. The van der Waals surface area contributed by atoms with Gasteiger partial charge in [-0.05, 0) is 43.7 Å². The minimum absolute atomic E-state index is 0.100. The Morgan fingerprint density at radius 3 is 2.62 bits per heavy atom. The molecule has 26 heavy (non-hydrogen) atoms. The normalized spacial score (nSPS) is 22.3. The van der Waals surface area contributed by atoms with Crippen molar-refractivity contribution >= 4 is 11.9 Å². The average Bonchev–Trinajstić information content (AvgIpc) is 2.70. The van der Waals surface area contributed by atoms with Crippen molar-refractivity contribution in [3.05, 3.63) is 23.8 Å². The van der Waals surface area contributed by atoms with Gasteiger partial charge >= 0.3 is 5.97 Å². The summed E-state index contributed by atoms with van der Waals surface area (Å²) in [7, 11) is 2.98. The van der Waals surface area contributed by atoms with E-state index in [9.17, 15) is 9.59 Å². The maximum absolute atomic E-state index is 12.7. The summed E-state index contributed by atoms with van der Waals surface area (Å²) in [5.74, 6) is 0.700. The number of piperidine rings is 1. The van der Waals surface area contributed by atoms with Crippen LogP contribution in [0, 0.1) is 5.92 Å². The van der Waals surface area contributed by atoms with Crippen molar-refractivity contribution in [2.24, 2.45) is 5.92 Å². The first-order valence-electron chi connectivity index (χ1n) is 9.33. The van der Waals surface area contributed by atoms with Crippen LogP contribution in [0.2, 0.25) is 0 Å². The number of nitrogens with zero attached hydrogens (tertiary/aromatic N) is 1. The molecule has 6 heteroatoms. The number of ether oxygens (including phenoxy) is 3. The van der Waals surface area contributed by atoms with E-state index >= 15 is 0 Å². The topological polar surface area (TPSA) is 65.1 Å². The number of hydrogen-bond donors (Lipinski definition) is 0. The first-order valence-corrected chi connectivity index (χ1v) is 9.33. The van der Waals surface area contributed by atoms with Gasteiger partial charge in [-0.1, -0.05) is 18.9 Å². The highest BCUT2D eigenvalue weighted by Gasteiger charge is 2.35. The number of hydrogen-bond acceptors (Lipinski definition) is 5. The van der Waals surface area contributed by atoms with Crippen molar-refractivity contribution in [3.63, 3.8) is 0 Å². The van der Waals surface area contributed by atoms with Crippen LogP contribution in [0.15, 0.2) is 18.2 Å². The van der Waals surface area contributed by atoms with E-state index in [0.29, 0.717) is 23.5 Å². The zero-order chi connectivity index (χ0) is 18.5. The van der Waals surface area contributed by atoms with Crippen LogP contribution in [0.3, 0.4) is 0 Å².